The molecule has 0 aliphatic heterocycles. The van der Waals surface area contributed by atoms with Gasteiger partial charge in [-0.2, -0.15) is 0 Å². The van der Waals surface area contributed by atoms with E-state index in [-0.39, 0.29) is 13.0 Å². The minimum atomic E-state index is -4.61. The van der Waals surface area contributed by atoms with E-state index in [1.165, 1.54) is 0 Å². The molecule has 0 fully saturated rings. The quantitative estimate of drug-likeness (QED) is 0.241. The van der Waals surface area contributed by atoms with E-state index in [4.69, 9.17) is 9.26 Å². The van der Waals surface area contributed by atoms with Gasteiger partial charge in [0.05, 0.1) is 6.61 Å². The molecule has 0 aromatic heterocycles. The van der Waals surface area contributed by atoms with Gasteiger partial charge in [0.1, 0.15) is 12.4 Å². The van der Waals surface area contributed by atoms with E-state index in [0.29, 0.717) is 25.2 Å². The van der Waals surface area contributed by atoms with Gasteiger partial charge < -0.3 is 14.2 Å². The fourth-order valence-corrected chi connectivity index (χ4v) is 3.46. The molecule has 1 N–H and O–H groups in total. The lowest BCUT2D eigenvalue weighted by Gasteiger charge is -2.22. The molecular weight excluding hydrogens is 417 g/mol. The number of rotatable bonds is 15. The molecule has 0 bridgehead atoms. The largest absolute Gasteiger partial charge is 0.755 e. The van der Waals surface area contributed by atoms with E-state index >= 15 is 0 Å². The molecule has 8 heteroatoms. The van der Waals surface area contributed by atoms with E-state index in [1.54, 1.807) is 0 Å². The Labute approximate surface area is 184 Å². The van der Waals surface area contributed by atoms with Crippen LogP contribution < -0.4 is 15.1 Å². The average Bonchev–Trinajstić information content (AvgIpc) is 2.77. The van der Waals surface area contributed by atoms with Gasteiger partial charge in [-0.05, 0) is 36.1 Å². The van der Waals surface area contributed by atoms with Gasteiger partial charge in [0.25, 0.3) is 7.82 Å². The third-order valence-electron chi connectivity index (χ3n) is 4.57. The minimum absolute atomic E-state index is 0.101. The summed E-state index contributed by atoms with van der Waals surface area (Å²) in [5.41, 5.74) is 3.87. The third-order valence-corrected chi connectivity index (χ3v) is 5.38. The second-order valence-corrected chi connectivity index (χ2v) is 8.57. The number of hydrogen-bond donors (Lipinski definition) is 1. The number of carbonyl (C=O) groups excluding carboxylic acids is 1. The van der Waals surface area contributed by atoms with E-state index in [1.807, 2.05) is 60.1 Å². The predicted molar refractivity (Wildman–Crippen MR) is 117 cm³/mol. The van der Waals surface area contributed by atoms with Crippen LogP contribution in [0.25, 0.3) is 0 Å². The molecule has 1 atom stereocenters. The summed E-state index contributed by atoms with van der Waals surface area (Å²) >= 11 is 0. The van der Waals surface area contributed by atoms with Crippen LogP contribution in [0.15, 0.2) is 54.6 Å². The van der Waals surface area contributed by atoms with Crippen molar-refractivity contribution >= 4 is 13.7 Å². The van der Waals surface area contributed by atoms with Gasteiger partial charge in [-0.25, -0.2) is 10.1 Å². The fourth-order valence-electron chi connectivity index (χ4n) is 2.88. The summed E-state index contributed by atoms with van der Waals surface area (Å²) in [7, 11) is -4.61. The summed E-state index contributed by atoms with van der Waals surface area (Å²) in [5.74, 6) is 0.216. The normalized spacial score (nSPS) is 12.8. The van der Waals surface area contributed by atoms with Crippen LogP contribution >= 0.6 is 7.82 Å². The first-order valence-corrected chi connectivity index (χ1v) is 12.1. The van der Waals surface area contributed by atoms with E-state index in [0.717, 1.165) is 36.8 Å². The Morgan fingerprint density at radius 3 is 2.52 bits per heavy atom. The molecular formula is C23H31NO6P-. The van der Waals surface area contributed by atoms with Crippen molar-refractivity contribution in [2.45, 2.75) is 58.5 Å². The van der Waals surface area contributed by atoms with Crippen LogP contribution in [0.3, 0.4) is 0 Å². The van der Waals surface area contributed by atoms with Crippen molar-refractivity contribution in [2.75, 3.05) is 6.61 Å². The molecule has 2 aromatic carbocycles. The Morgan fingerprint density at radius 1 is 1.00 bits per heavy atom. The van der Waals surface area contributed by atoms with Crippen molar-refractivity contribution in [1.82, 2.24) is 5.48 Å². The van der Waals surface area contributed by atoms with Crippen LogP contribution in [0, 0.1) is 0 Å². The van der Waals surface area contributed by atoms with Crippen LogP contribution in [-0.4, -0.2) is 12.5 Å². The van der Waals surface area contributed by atoms with Crippen molar-refractivity contribution in [1.29, 1.82) is 0 Å². The number of carbonyl (C=O) groups is 1. The predicted octanol–water partition coefficient (Wildman–Crippen LogP) is 4.70. The van der Waals surface area contributed by atoms with Crippen LogP contribution in [0.1, 0.15) is 56.6 Å². The number of unbranched alkanes of at least 4 members (excludes halogenated alkanes) is 4. The topological polar surface area (TPSA) is 96.9 Å². The number of phosphoric ester groups is 1. The van der Waals surface area contributed by atoms with Crippen molar-refractivity contribution in [2.24, 2.45) is 0 Å². The summed E-state index contributed by atoms with van der Waals surface area (Å²) in [5, 5.41) is 0. The number of hydroxylamine groups is 1. The van der Waals surface area contributed by atoms with Crippen molar-refractivity contribution < 1.29 is 28.1 Å². The summed E-state index contributed by atoms with van der Waals surface area (Å²) in [6.45, 7) is 2.46. The van der Waals surface area contributed by atoms with Crippen LogP contribution in [0.4, 0.5) is 0 Å². The highest BCUT2D eigenvalue weighted by atomic mass is 31.2. The summed E-state index contributed by atoms with van der Waals surface area (Å²) in [4.78, 5) is 23.5. The summed E-state index contributed by atoms with van der Waals surface area (Å²) in [6.07, 6.45) is 5.51. The highest BCUT2D eigenvalue weighted by molar-refractivity contribution is 7.45. The smallest absolute Gasteiger partial charge is 0.290 e. The number of phosphoric acid groups is 1. The van der Waals surface area contributed by atoms with E-state index < -0.39 is 13.7 Å². The molecule has 0 heterocycles. The summed E-state index contributed by atoms with van der Waals surface area (Å²) in [6, 6.07) is 17.2. The highest BCUT2D eigenvalue weighted by Crippen LogP contribution is 2.36. The SMILES string of the molecule is CCCCCCCC(=O)NOP(=O)([O-])OCCc1cccc(OCc2ccccc2)c1. The third kappa shape index (κ3) is 11.1. The van der Waals surface area contributed by atoms with Crippen molar-refractivity contribution in [3.8, 4) is 5.75 Å². The van der Waals surface area contributed by atoms with Crippen LogP contribution in [0.2, 0.25) is 0 Å². The van der Waals surface area contributed by atoms with Gasteiger partial charge in [-0.3, -0.25) is 9.36 Å². The zero-order valence-electron chi connectivity index (χ0n) is 18.0. The van der Waals surface area contributed by atoms with E-state index in [9.17, 15) is 14.3 Å². The maximum Gasteiger partial charge on any atom is 0.290 e. The first kappa shape index (κ1) is 25.1. The second-order valence-electron chi connectivity index (χ2n) is 7.23. The Hall–Kier alpha value is -2.18. The number of nitrogens with one attached hydrogen (secondary N) is 1. The molecule has 0 saturated heterocycles. The monoisotopic (exact) mass is 448 g/mol. The molecule has 0 aliphatic carbocycles. The second kappa shape index (κ2) is 14.0. The first-order valence-electron chi connectivity index (χ1n) is 10.7. The van der Waals surface area contributed by atoms with Crippen LogP contribution in [-0.2, 0) is 31.5 Å². The molecule has 0 radical (unpaired) electrons. The Kier molecular flexibility index (Phi) is 11.3. The molecule has 31 heavy (non-hydrogen) atoms. The summed E-state index contributed by atoms with van der Waals surface area (Å²) < 4.78 is 26.9. The molecule has 170 valence electrons. The average molecular weight is 448 g/mol. The van der Waals surface area contributed by atoms with Gasteiger partial charge in [-0.1, -0.05) is 75.1 Å². The lowest BCUT2D eigenvalue weighted by atomic mass is 10.1. The number of ether oxygens (including phenoxy) is 1. The van der Waals surface area contributed by atoms with Gasteiger partial charge in [0, 0.05) is 6.42 Å². The lowest BCUT2D eigenvalue weighted by molar-refractivity contribution is -0.231. The Morgan fingerprint density at radius 2 is 1.74 bits per heavy atom. The molecule has 2 rings (SSSR count). The maximum absolute atomic E-state index is 11.8. The van der Waals surface area contributed by atoms with E-state index in [2.05, 4.69) is 11.5 Å². The molecule has 0 saturated carbocycles. The first-order chi connectivity index (χ1) is 15.0. The number of hydrogen-bond acceptors (Lipinski definition) is 6. The van der Waals surface area contributed by atoms with Crippen LogP contribution in [0.5, 0.6) is 5.75 Å². The van der Waals surface area contributed by atoms with Crippen molar-refractivity contribution in [3.63, 3.8) is 0 Å². The van der Waals surface area contributed by atoms with Gasteiger partial charge in [0.15, 0.2) is 0 Å². The Bertz CT molecular complexity index is 830. The number of benzene rings is 2. The lowest BCUT2D eigenvalue weighted by Crippen LogP contribution is -2.25. The Balaban J connectivity index is 1.66. The molecule has 0 aliphatic rings. The minimum Gasteiger partial charge on any atom is -0.755 e. The van der Waals surface area contributed by atoms with Gasteiger partial charge in [-0.15, -0.1) is 0 Å². The molecule has 1 amide bonds. The molecule has 2 aromatic rings. The number of amides is 1. The maximum atomic E-state index is 11.8. The van der Waals surface area contributed by atoms with Gasteiger partial charge >= 0.3 is 0 Å². The zero-order valence-corrected chi connectivity index (χ0v) is 18.9. The fraction of sp³-hybridized carbons (Fsp3) is 0.435. The zero-order chi connectivity index (χ0) is 22.4. The van der Waals surface area contributed by atoms with Gasteiger partial charge in [0.2, 0.25) is 5.91 Å². The molecule has 1 unspecified atom stereocenters. The standard InChI is InChI=1S/C23H32NO6P/c1-2-3-4-5-9-15-23(25)24-30-31(26,27)29-17-16-20-13-10-14-22(18-20)28-19-21-11-7-6-8-12-21/h6-8,10-14,18H,2-5,9,15-17,19H2,1H3,(H,24,25)(H,26,27)/p-1. The molecule has 0 spiro atoms. The molecule has 7 nitrogen and oxygen atoms in total. The van der Waals surface area contributed by atoms with Crippen molar-refractivity contribution in [3.05, 3.63) is 65.7 Å². The highest BCUT2D eigenvalue weighted by Gasteiger charge is 2.12.